The number of piperidine rings is 1. The summed E-state index contributed by atoms with van der Waals surface area (Å²) in [6.45, 7) is 5.53. The van der Waals surface area contributed by atoms with Gasteiger partial charge in [0.2, 0.25) is 5.91 Å². The van der Waals surface area contributed by atoms with Crippen LogP contribution in [0.1, 0.15) is 30.9 Å². The number of aliphatic carboxylic acids is 1. The van der Waals surface area contributed by atoms with Crippen LogP contribution in [0.15, 0.2) is 18.2 Å². The molecule has 1 atom stereocenters. The van der Waals surface area contributed by atoms with Gasteiger partial charge in [-0.2, -0.15) is 0 Å². The van der Waals surface area contributed by atoms with Crippen molar-refractivity contribution in [3.8, 4) is 0 Å². The van der Waals surface area contributed by atoms with Gasteiger partial charge in [0.05, 0.1) is 12.5 Å². The lowest BCUT2D eigenvalue weighted by Gasteiger charge is -2.30. The lowest BCUT2D eigenvalue weighted by atomic mass is 9.98. The zero-order chi connectivity index (χ0) is 16.1. The molecule has 1 fully saturated rings. The highest BCUT2D eigenvalue weighted by molar-refractivity contribution is 5.93. The molecular formula is C17H24N2O3. The van der Waals surface area contributed by atoms with Crippen LogP contribution in [0.5, 0.6) is 0 Å². The number of carboxylic acids is 1. The van der Waals surface area contributed by atoms with Gasteiger partial charge in [-0.05, 0) is 43.9 Å². The normalized spacial score (nSPS) is 18.9. The zero-order valence-corrected chi connectivity index (χ0v) is 13.3. The number of benzene rings is 1. The van der Waals surface area contributed by atoms with Crippen molar-refractivity contribution >= 4 is 17.6 Å². The van der Waals surface area contributed by atoms with Crippen LogP contribution in [0, 0.1) is 12.8 Å². The highest BCUT2D eigenvalue weighted by Gasteiger charge is 2.26. The molecule has 1 amide bonds. The highest BCUT2D eigenvalue weighted by atomic mass is 16.4. The number of rotatable bonds is 5. The fourth-order valence-corrected chi connectivity index (χ4v) is 2.98. The van der Waals surface area contributed by atoms with Crippen LogP contribution in [-0.4, -0.2) is 41.5 Å². The van der Waals surface area contributed by atoms with Gasteiger partial charge in [0.1, 0.15) is 0 Å². The quantitative estimate of drug-likeness (QED) is 0.875. The number of hydrogen-bond acceptors (Lipinski definition) is 3. The third kappa shape index (κ3) is 4.07. The number of likely N-dealkylation sites (tertiary alicyclic amines) is 1. The molecule has 5 heteroatoms. The number of anilines is 1. The average molecular weight is 304 g/mol. The minimum Gasteiger partial charge on any atom is -0.481 e. The minimum absolute atomic E-state index is 0.0740. The number of aryl methyl sites for hydroxylation is 2. The molecule has 1 aliphatic rings. The standard InChI is InChI=1S/C17H24N2O3/c1-3-13-7-4-6-12(2)16(13)18-15(20)11-19-9-5-8-14(10-19)17(21)22/h4,6-7,14H,3,5,8-11H2,1-2H3,(H,18,20)(H,21,22). The second kappa shape index (κ2) is 7.40. The van der Waals surface area contributed by atoms with Gasteiger partial charge in [-0.15, -0.1) is 0 Å². The Morgan fingerprint density at radius 1 is 1.41 bits per heavy atom. The van der Waals surface area contributed by atoms with Crippen LogP contribution >= 0.6 is 0 Å². The average Bonchev–Trinajstić information content (AvgIpc) is 2.49. The molecule has 2 N–H and O–H groups in total. The Labute approximate surface area is 131 Å². The Balaban J connectivity index is 1.97. The number of nitrogens with zero attached hydrogens (tertiary/aromatic N) is 1. The van der Waals surface area contributed by atoms with E-state index in [2.05, 4.69) is 12.2 Å². The molecular weight excluding hydrogens is 280 g/mol. The van der Waals surface area contributed by atoms with Gasteiger partial charge in [0, 0.05) is 12.2 Å². The molecule has 2 rings (SSSR count). The van der Waals surface area contributed by atoms with Crippen LogP contribution in [0.3, 0.4) is 0 Å². The van der Waals surface area contributed by atoms with E-state index < -0.39 is 5.97 Å². The van der Waals surface area contributed by atoms with Gasteiger partial charge in [0.25, 0.3) is 0 Å². The summed E-state index contributed by atoms with van der Waals surface area (Å²) in [5.74, 6) is -1.20. The first kappa shape index (κ1) is 16.5. The number of hydrogen-bond donors (Lipinski definition) is 2. The van der Waals surface area contributed by atoms with Gasteiger partial charge in [-0.1, -0.05) is 25.1 Å². The number of carbonyl (C=O) groups excluding carboxylic acids is 1. The fourth-order valence-electron chi connectivity index (χ4n) is 2.98. The number of amides is 1. The second-order valence-corrected chi connectivity index (χ2v) is 5.92. The molecule has 0 bridgehead atoms. The lowest BCUT2D eigenvalue weighted by molar-refractivity contribution is -0.144. The molecule has 1 unspecified atom stereocenters. The summed E-state index contributed by atoms with van der Waals surface area (Å²) in [6.07, 6.45) is 2.39. The Morgan fingerprint density at radius 2 is 2.18 bits per heavy atom. The Kier molecular flexibility index (Phi) is 5.55. The van der Waals surface area contributed by atoms with Gasteiger partial charge in [0.15, 0.2) is 0 Å². The van der Waals surface area contributed by atoms with Crippen molar-refractivity contribution in [2.24, 2.45) is 5.92 Å². The Bertz CT molecular complexity index is 557. The van der Waals surface area contributed by atoms with Crippen molar-refractivity contribution in [3.05, 3.63) is 29.3 Å². The van der Waals surface area contributed by atoms with Crippen molar-refractivity contribution in [3.63, 3.8) is 0 Å². The van der Waals surface area contributed by atoms with E-state index in [1.807, 2.05) is 30.0 Å². The molecule has 0 spiro atoms. The Hall–Kier alpha value is -1.88. The third-order valence-electron chi connectivity index (χ3n) is 4.23. The third-order valence-corrected chi connectivity index (χ3v) is 4.23. The minimum atomic E-state index is -0.766. The molecule has 1 saturated heterocycles. The predicted octanol–water partition coefficient (Wildman–Crippen LogP) is 2.29. The molecule has 0 saturated carbocycles. The van der Waals surface area contributed by atoms with E-state index in [1.54, 1.807) is 0 Å². The van der Waals surface area contributed by atoms with E-state index in [0.29, 0.717) is 13.0 Å². The molecule has 120 valence electrons. The first-order valence-corrected chi connectivity index (χ1v) is 7.84. The SMILES string of the molecule is CCc1cccc(C)c1NC(=O)CN1CCCC(C(=O)O)C1. The van der Waals surface area contributed by atoms with E-state index in [9.17, 15) is 9.59 Å². The fraction of sp³-hybridized carbons (Fsp3) is 0.529. The summed E-state index contributed by atoms with van der Waals surface area (Å²) < 4.78 is 0. The number of carboxylic acid groups (broad SMARTS) is 1. The van der Waals surface area contributed by atoms with Gasteiger partial charge >= 0.3 is 5.97 Å². The molecule has 22 heavy (non-hydrogen) atoms. The second-order valence-electron chi connectivity index (χ2n) is 5.92. The summed E-state index contributed by atoms with van der Waals surface area (Å²) >= 11 is 0. The van der Waals surface area contributed by atoms with Crippen molar-refractivity contribution in [1.29, 1.82) is 0 Å². The summed E-state index contributed by atoms with van der Waals surface area (Å²) in [4.78, 5) is 25.3. The smallest absolute Gasteiger partial charge is 0.307 e. The molecule has 1 heterocycles. The van der Waals surface area contributed by atoms with Crippen LogP contribution < -0.4 is 5.32 Å². The largest absolute Gasteiger partial charge is 0.481 e. The lowest BCUT2D eigenvalue weighted by Crippen LogP contribution is -2.42. The first-order valence-electron chi connectivity index (χ1n) is 7.84. The first-order chi connectivity index (χ1) is 10.5. The number of nitrogens with one attached hydrogen (secondary N) is 1. The zero-order valence-electron chi connectivity index (χ0n) is 13.3. The van der Waals surface area contributed by atoms with E-state index >= 15 is 0 Å². The monoisotopic (exact) mass is 304 g/mol. The van der Waals surface area contributed by atoms with Gasteiger partial charge in [-0.3, -0.25) is 14.5 Å². The summed E-state index contributed by atoms with van der Waals surface area (Å²) in [6, 6.07) is 5.99. The summed E-state index contributed by atoms with van der Waals surface area (Å²) in [5.41, 5.74) is 3.06. The molecule has 0 radical (unpaired) electrons. The van der Waals surface area contributed by atoms with Crippen molar-refractivity contribution in [2.45, 2.75) is 33.1 Å². The maximum Gasteiger partial charge on any atom is 0.307 e. The topological polar surface area (TPSA) is 69.6 Å². The predicted molar refractivity (Wildman–Crippen MR) is 86.0 cm³/mol. The van der Waals surface area contributed by atoms with Crippen LogP contribution in [0.4, 0.5) is 5.69 Å². The highest BCUT2D eigenvalue weighted by Crippen LogP contribution is 2.21. The molecule has 1 aliphatic heterocycles. The van der Waals surface area contributed by atoms with E-state index in [0.717, 1.165) is 36.2 Å². The van der Waals surface area contributed by atoms with Crippen LogP contribution in [-0.2, 0) is 16.0 Å². The van der Waals surface area contributed by atoms with Gasteiger partial charge < -0.3 is 10.4 Å². The van der Waals surface area contributed by atoms with E-state index in [4.69, 9.17) is 5.11 Å². The van der Waals surface area contributed by atoms with E-state index in [-0.39, 0.29) is 18.4 Å². The number of carbonyl (C=O) groups is 2. The molecule has 0 aromatic heterocycles. The van der Waals surface area contributed by atoms with Crippen molar-refractivity contribution in [1.82, 2.24) is 4.90 Å². The van der Waals surface area contributed by atoms with Crippen LogP contribution in [0.2, 0.25) is 0 Å². The number of para-hydroxylation sites is 1. The molecule has 5 nitrogen and oxygen atoms in total. The maximum absolute atomic E-state index is 12.3. The van der Waals surface area contributed by atoms with E-state index in [1.165, 1.54) is 0 Å². The summed E-state index contributed by atoms with van der Waals surface area (Å²) in [7, 11) is 0. The van der Waals surface area contributed by atoms with Gasteiger partial charge in [-0.25, -0.2) is 0 Å². The Morgan fingerprint density at radius 3 is 2.86 bits per heavy atom. The van der Waals surface area contributed by atoms with Crippen LogP contribution in [0.25, 0.3) is 0 Å². The molecule has 0 aliphatic carbocycles. The van der Waals surface area contributed by atoms with Crippen molar-refractivity contribution < 1.29 is 14.7 Å². The molecule has 1 aromatic rings. The molecule has 1 aromatic carbocycles. The van der Waals surface area contributed by atoms with Crippen molar-refractivity contribution in [2.75, 3.05) is 25.0 Å². The summed E-state index contributed by atoms with van der Waals surface area (Å²) in [5, 5.41) is 12.1. The maximum atomic E-state index is 12.3.